The van der Waals surface area contributed by atoms with Gasteiger partial charge in [0.2, 0.25) is 5.82 Å². The van der Waals surface area contributed by atoms with E-state index in [0.717, 1.165) is 4.57 Å². The van der Waals surface area contributed by atoms with E-state index in [-0.39, 0.29) is 38.9 Å². The molecule has 11 heteroatoms. The van der Waals surface area contributed by atoms with E-state index < -0.39 is 17.9 Å². The van der Waals surface area contributed by atoms with Gasteiger partial charge in [-0.15, -0.1) is 0 Å². The van der Waals surface area contributed by atoms with E-state index >= 15 is 0 Å². The maximum Gasteiger partial charge on any atom is 0.449 e. The molecule has 180 valence electrons. The molecule has 1 amide bonds. The number of hydrogen-bond donors (Lipinski definition) is 1. The number of benzene rings is 3. The Kier molecular flexibility index (Phi) is 5.98. The number of hydrogen-bond acceptors (Lipinski definition) is 4. The number of nitrogens with zero attached hydrogens (tertiary/aromatic N) is 2. The van der Waals surface area contributed by atoms with Crippen molar-refractivity contribution in [3.63, 3.8) is 0 Å². The van der Waals surface area contributed by atoms with Crippen LogP contribution in [-0.2, 0) is 12.7 Å². The molecule has 0 aliphatic carbocycles. The van der Waals surface area contributed by atoms with Gasteiger partial charge in [0.1, 0.15) is 18.7 Å². The molecule has 4 aromatic rings. The monoisotopic (exact) mass is 521 g/mol. The van der Waals surface area contributed by atoms with Crippen LogP contribution in [0.1, 0.15) is 21.7 Å². The lowest BCUT2D eigenvalue weighted by Gasteiger charge is -2.19. The predicted octanol–water partition coefficient (Wildman–Crippen LogP) is 6.43. The zero-order chi connectivity index (χ0) is 24.7. The van der Waals surface area contributed by atoms with Crippen LogP contribution in [0, 0.1) is 0 Å². The third kappa shape index (κ3) is 4.49. The first-order chi connectivity index (χ1) is 16.7. The van der Waals surface area contributed by atoms with Gasteiger partial charge >= 0.3 is 6.18 Å². The zero-order valence-electron chi connectivity index (χ0n) is 17.8. The van der Waals surface area contributed by atoms with Crippen molar-refractivity contribution in [2.45, 2.75) is 12.7 Å². The molecular weight excluding hydrogens is 506 g/mol. The molecule has 1 N–H and O–H groups in total. The van der Waals surface area contributed by atoms with Crippen LogP contribution >= 0.6 is 23.2 Å². The van der Waals surface area contributed by atoms with Crippen molar-refractivity contribution < 1.29 is 27.4 Å². The molecule has 0 fully saturated rings. The van der Waals surface area contributed by atoms with E-state index in [1.54, 1.807) is 24.3 Å². The minimum Gasteiger partial charge on any atom is -0.486 e. The number of aromatic nitrogens is 2. The first kappa shape index (κ1) is 23.3. The summed E-state index contributed by atoms with van der Waals surface area (Å²) in [6, 6.07) is 14.1. The fraction of sp³-hybridized carbons (Fsp3) is 0.167. The molecule has 5 rings (SSSR count). The topological polar surface area (TPSA) is 65.4 Å². The van der Waals surface area contributed by atoms with Gasteiger partial charge in [0.25, 0.3) is 5.91 Å². The Balaban J connectivity index is 1.56. The highest BCUT2D eigenvalue weighted by molar-refractivity contribution is 6.40. The summed E-state index contributed by atoms with van der Waals surface area (Å²) >= 11 is 12.2. The number of imidazole rings is 1. The summed E-state index contributed by atoms with van der Waals surface area (Å²) in [5.74, 6) is -0.756. The zero-order valence-corrected chi connectivity index (χ0v) is 19.3. The maximum absolute atomic E-state index is 14.0. The van der Waals surface area contributed by atoms with E-state index in [1.165, 1.54) is 30.3 Å². The van der Waals surface area contributed by atoms with Crippen molar-refractivity contribution in [2.24, 2.45) is 0 Å². The molecule has 0 spiro atoms. The highest BCUT2D eigenvalue weighted by Gasteiger charge is 2.38. The van der Waals surface area contributed by atoms with E-state index in [0.29, 0.717) is 30.3 Å². The summed E-state index contributed by atoms with van der Waals surface area (Å²) in [6.07, 6.45) is -4.74. The van der Waals surface area contributed by atoms with Crippen molar-refractivity contribution in [1.29, 1.82) is 0 Å². The van der Waals surface area contributed by atoms with Crippen LogP contribution in [0.3, 0.4) is 0 Å². The summed E-state index contributed by atoms with van der Waals surface area (Å²) in [5, 5.41) is 2.82. The van der Waals surface area contributed by atoms with Crippen LogP contribution in [0.4, 0.5) is 18.9 Å². The summed E-state index contributed by atoms with van der Waals surface area (Å²) < 4.78 is 54.0. The van der Waals surface area contributed by atoms with Crippen molar-refractivity contribution in [1.82, 2.24) is 9.55 Å². The van der Waals surface area contributed by atoms with Gasteiger partial charge in [0, 0.05) is 6.54 Å². The van der Waals surface area contributed by atoms with Crippen LogP contribution in [0.25, 0.3) is 11.0 Å². The molecule has 0 saturated carbocycles. The standard InChI is InChI=1S/C24H16Cl2F3N3O3/c25-14-3-1-4-15(26)20(14)22(33)30-16-5-2-6-17-21(16)31-23(24(27,28)29)32(17)12-13-7-8-18-19(11-13)35-10-9-34-18/h1-8,11H,9-10,12H2,(H,30,33). The third-order valence-corrected chi connectivity index (χ3v) is 6.05. The SMILES string of the molecule is O=C(Nc1cccc2c1nc(C(F)(F)F)n2Cc1ccc2c(c1)OCCO2)c1c(Cl)cccc1Cl. The Morgan fingerprint density at radius 1 is 1.00 bits per heavy atom. The summed E-state index contributed by atoms with van der Waals surface area (Å²) in [5.41, 5.74) is 0.843. The second-order valence-corrected chi connectivity index (χ2v) is 8.54. The van der Waals surface area contributed by atoms with Crippen molar-refractivity contribution in [3.8, 4) is 11.5 Å². The molecule has 2 heterocycles. The molecule has 0 atom stereocenters. The lowest BCUT2D eigenvalue weighted by molar-refractivity contribution is -0.146. The fourth-order valence-electron chi connectivity index (χ4n) is 3.89. The van der Waals surface area contributed by atoms with Crippen LogP contribution in [0.15, 0.2) is 54.6 Å². The maximum atomic E-state index is 14.0. The number of nitrogens with one attached hydrogen (secondary N) is 1. The van der Waals surface area contributed by atoms with E-state index in [2.05, 4.69) is 10.3 Å². The number of ether oxygens (including phenoxy) is 2. The van der Waals surface area contributed by atoms with Crippen molar-refractivity contribution in [2.75, 3.05) is 18.5 Å². The molecular formula is C24H16Cl2F3N3O3. The number of fused-ring (bicyclic) bond motifs is 2. The largest absolute Gasteiger partial charge is 0.486 e. The van der Waals surface area contributed by atoms with E-state index in [1.807, 2.05) is 0 Å². The number of para-hydroxylation sites is 1. The number of rotatable bonds is 4. The second-order valence-electron chi connectivity index (χ2n) is 7.72. The molecule has 1 aliphatic heterocycles. The number of anilines is 1. The summed E-state index contributed by atoms with van der Waals surface area (Å²) in [4.78, 5) is 16.7. The molecule has 0 saturated heterocycles. The highest BCUT2D eigenvalue weighted by Crippen LogP contribution is 2.36. The Morgan fingerprint density at radius 3 is 2.40 bits per heavy atom. The molecule has 0 unspecified atom stereocenters. The van der Waals surface area contributed by atoms with Gasteiger partial charge in [-0.1, -0.05) is 41.4 Å². The number of carbonyl (C=O) groups excluding carboxylic acids is 1. The summed E-state index contributed by atoms with van der Waals surface area (Å²) in [7, 11) is 0. The average Bonchev–Trinajstić information content (AvgIpc) is 3.19. The van der Waals surface area contributed by atoms with Crippen LogP contribution in [-0.4, -0.2) is 28.7 Å². The Labute approximate surface area is 207 Å². The number of alkyl halides is 3. The minimum atomic E-state index is -4.74. The molecule has 0 bridgehead atoms. The smallest absolute Gasteiger partial charge is 0.449 e. The van der Waals surface area contributed by atoms with Gasteiger partial charge in [0.05, 0.1) is 26.8 Å². The summed E-state index contributed by atoms with van der Waals surface area (Å²) in [6.45, 7) is 0.636. The van der Waals surface area contributed by atoms with Gasteiger partial charge in [0.15, 0.2) is 11.5 Å². The molecule has 35 heavy (non-hydrogen) atoms. The van der Waals surface area contributed by atoms with E-state index in [4.69, 9.17) is 32.7 Å². The average molecular weight is 522 g/mol. The first-order valence-electron chi connectivity index (χ1n) is 10.4. The van der Waals surface area contributed by atoms with Crippen molar-refractivity contribution >= 4 is 45.8 Å². The quantitative estimate of drug-likeness (QED) is 0.336. The molecule has 1 aliphatic rings. The normalized spacial score (nSPS) is 13.2. The molecule has 6 nitrogen and oxygen atoms in total. The number of carbonyl (C=O) groups is 1. The van der Waals surface area contributed by atoms with E-state index in [9.17, 15) is 18.0 Å². The van der Waals surface area contributed by atoms with Gasteiger partial charge in [-0.05, 0) is 42.0 Å². The van der Waals surface area contributed by atoms with Gasteiger partial charge < -0.3 is 19.4 Å². The number of halogens is 5. The Morgan fingerprint density at radius 2 is 1.69 bits per heavy atom. The fourth-order valence-corrected chi connectivity index (χ4v) is 4.46. The molecule has 1 aromatic heterocycles. The van der Waals surface area contributed by atoms with Gasteiger partial charge in [-0.3, -0.25) is 4.79 Å². The van der Waals surface area contributed by atoms with Gasteiger partial charge in [-0.25, -0.2) is 4.98 Å². The van der Waals surface area contributed by atoms with Gasteiger partial charge in [-0.2, -0.15) is 13.2 Å². The van der Waals surface area contributed by atoms with Crippen LogP contribution < -0.4 is 14.8 Å². The second kappa shape index (κ2) is 8.98. The molecule has 0 radical (unpaired) electrons. The Hall–Kier alpha value is -3.43. The highest BCUT2D eigenvalue weighted by atomic mass is 35.5. The lowest BCUT2D eigenvalue weighted by atomic mass is 10.1. The number of amides is 1. The predicted molar refractivity (Wildman–Crippen MR) is 126 cm³/mol. The third-order valence-electron chi connectivity index (χ3n) is 5.42. The lowest BCUT2D eigenvalue weighted by Crippen LogP contribution is -2.17. The van der Waals surface area contributed by atoms with Crippen LogP contribution in [0.5, 0.6) is 11.5 Å². The Bertz CT molecular complexity index is 1430. The van der Waals surface area contributed by atoms with Crippen LogP contribution in [0.2, 0.25) is 10.0 Å². The molecule has 3 aromatic carbocycles. The minimum absolute atomic E-state index is 0.0135. The van der Waals surface area contributed by atoms with Crippen molar-refractivity contribution in [3.05, 3.63) is 81.6 Å². The first-order valence-corrected chi connectivity index (χ1v) is 11.2.